The largest absolute Gasteiger partial charge is 0.269 e. The summed E-state index contributed by atoms with van der Waals surface area (Å²) in [6.07, 6.45) is 0. The Morgan fingerprint density at radius 1 is 1.89 bits per heavy atom. The molecule has 1 radical (unpaired) electrons. The van der Waals surface area contributed by atoms with E-state index in [2.05, 4.69) is 5.10 Å². The van der Waals surface area contributed by atoms with E-state index < -0.39 is 0 Å². The Kier molecular flexibility index (Phi) is 1.73. The summed E-state index contributed by atoms with van der Waals surface area (Å²) in [5, 5.41) is 14.4. The highest BCUT2D eigenvalue weighted by Crippen LogP contribution is 2.07. The van der Waals surface area contributed by atoms with Crippen molar-refractivity contribution in [3.63, 3.8) is 0 Å². The molecule has 0 aliphatic heterocycles. The van der Waals surface area contributed by atoms with Crippen LogP contribution in [-0.2, 0) is 18.8 Å². The van der Waals surface area contributed by atoms with Crippen molar-refractivity contribution < 1.29 is 5.11 Å². The van der Waals surface area contributed by atoms with Gasteiger partial charge in [0.2, 0.25) is 0 Å². The number of rotatable bonds is 1. The molecule has 1 aromatic rings. The lowest BCUT2D eigenvalue weighted by atomic mass is 10.5. The molecule has 0 N–H and O–H groups in total. The maximum absolute atomic E-state index is 10.2. The number of halogens is 1. The molecule has 0 fully saturated rings. The Hall–Kier alpha value is -0.540. The van der Waals surface area contributed by atoms with Gasteiger partial charge in [0.25, 0.3) is 0 Å². The van der Waals surface area contributed by atoms with Crippen molar-refractivity contribution in [2.75, 3.05) is 0 Å². The molecule has 0 atom stereocenters. The van der Waals surface area contributed by atoms with E-state index in [1.54, 1.807) is 13.1 Å². The molecule has 0 aliphatic carbocycles. The van der Waals surface area contributed by atoms with Crippen LogP contribution in [0.15, 0.2) is 6.07 Å². The summed E-state index contributed by atoms with van der Waals surface area (Å²) in [6.45, 7) is -0.268. The van der Waals surface area contributed by atoms with Gasteiger partial charge in [0.05, 0.1) is 5.69 Å². The van der Waals surface area contributed by atoms with Crippen LogP contribution in [-0.4, -0.2) is 9.78 Å². The highest BCUT2D eigenvalue weighted by molar-refractivity contribution is 6.29. The van der Waals surface area contributed by atoms with Gasteiger partial charge in [-0.05, 0) is 0 Å². The van der Waals surface area contributed by atoms with Crippen LogP contribution in [0.3, 0.4) is 0 Å². The van der Waals surface area contributed by atoms with Gasteiger partial charge in [-0.25, -0.2) is 5.11 Å². The number of hydrogen-bond acceptors (Lipinski definition) is 1. The molecule has 49 valence electrons. The van der Waals surface area contributed by atoms with Crippen LogP contribution in [0.4, 0.5) is 0 Å². The van der Waals surface area contributed by atoms with Crippen molar-refractivity contribution in [3.05, 3.63) is 16.9 Å². The smallest absolute Gasteiger partial charge is 0.151 e. The molecule has 4 heteroatoms. The molecule has 0 unspecified atom stereocenters. The SMILES string of the molecule is Cn1nc(Cl)cc1C[O]. The zero-order valence-electron chi connectivity index (χ0n) is 4.97. The fourth-order valence-electron chi connectivity index (χ4n) is 0.602. The van der Waals surface area contributed by atoms with Crippen molar-refractivity contribution in [1.82, 2.24) is 9.78 Å². The average molecular weight is 146 g/mol. The molecule has 9 heavy (non-hydrogen) atoms. The Morgan fingerprint density at radius 3 is 2.78 bits per heavy atom. The summed E-state index contributed by atoms with van der Waals surface area (Å²) in [7, 11) is 1.69. The molecular weight excluding hydrogens is 140 g/mol. The summed E-state index contributed by atoms with van der Waals surface area (Å²) in [5.74, 6) is 0. The van der Waals surface area contributed by atoms with Gasteiger partial charge in [-0.15, -0.1) is 0 Å². The minimum Gasteiger partial charge on any atom is -0.269 e. The third-order valence-electron chi connectivity index (χ3n) is 1.09. The van der Waals surface area contributed by atoms with Crippen molar-refractivity contribution in [2.45, 2.75) is 6.61 Å². The minimum atomic E-state index is -0.268. The Morgan fingerprint density at radius 2 is 2.56 bits per heavy atom. The molecule has 0 aromatic carbocycles. The van der Waals surface area contributed by atoms with Crippen molar-refractivity contribution >= 4 is 11.6 Å². The molecule has 1 heterocycles. The van der Waals surface area contributed by atoms with Gasteiger partial charge in [-0.1, -0.05) is 11.6 Å². The van der Waals surface area contributed by atoms with E-state index in [0.29, 0.717) is 10.8 Å². The van der Waals surface area contributed by atoms with E-state index in [0.717, 1.165) is 0 Å². The molecule has 0 spiro atoms. The summed E-state index contributed by atoms with van der Waals surface area (Å²) < 4.78 is 1.48. The maximum atomic E-state index is 10.2. The lowest BCUT2D eigenvalue weighted by molar-refractivity contribution is 0.170. The first-order valence-corrected chi connectivity index (χ1v) is 2.88. The Bertz CT molecular complexity index is 209. The van der Waals surface area contributed by atoms with Crippen molar-refractivity contribution in [1.29, 1.82) is 0 Å². The molecule has 0 bridgehead atoms. The first-order chi connectivity index (χ1) is 4.24. The highest BCUT2D eigenvalue weighted by Gasteiger charge is 1.99. The summed E-state index contributed by atoms with van der Waals surface area (Å²) >= 11 is 5.47. The van der Waals surface area contributed by atoms with Crippen molar-refractivity contribution in [3.8, 4) is 0 Å². The van der Waals surface area contributed by atoms with Gasteiger partial charge >= 0.3 is 0 Å². The van der Waals surface area contributed by atoms with Crippen LogP contribution in [0.25, 0.3) is 0 Å². The number of nitrogens with zero attached hydrogens (tertiary/aromatic N) is 2. The first kappa shape index (κ1) is 6.58. The summed E-state index contributed by atoms with van der Waals surface area (Å²) in [4.78, 5) is 0. The molecule has 3 nitrogen and oxygen atoms in total. The maximum Gasteiger partial charge on any atom is 0.151 e. The predicted octanol–water partition coefficient (Wildman–Crippen LogP) is 1.00. The van der Waals surface area contributed by atoms with Crippen LogP contribution >= 0.6 is 11.6 Å². The lowest BCUT2D eigenvalue weighted by Crippen LogP contribution is -1.95. The molecular formula is C5H6ClN2O. The van der Waals surface area contributed by atoms with Crippen LogP contribution < -0.4 is 0 Å². The highest BCUT2D eigenvalue weighted by atomic mass is 35.5. The summed E-state index contributed by atoms with van der Waals surface area (Å²) in [6, 6.07) is 1.56. The summed E-state index contributed by atoms with van der Waals surface area (Å²) in [5.41, 5.74) is 0.611. The van der Waals surface area contributed by atoms with E-state index in [1.165, 1.54) is 4.68 Å². The second-order valence-electron chi connectivity index (χ2n) is 1.73. The zero-order chi connectivity index (χ0) is 6.85. The van der Waals surface area contributed by atoms with E-state index in [4.69, 9.17) is 11.6 Å². The van der Waals surface area contributed by atoms with Crippen LogP contribution in [0.5, 0.6) is 0 Å². The van der Waals surface area contributed by atoms with Crippen LogP contribution in [0.1, 0.15) is 5.69 Å². The van der Waals surface area contributed by atoms with Gasteiger partial charge in [0.15, 0.2) is 5.15 Å². The van der Waals surface area contributed by atoms with Gasteiger partial charge < -0.3 is 0 Å². The average Bonchev–Trinajstić information content (AvgIpc) is 2.10. The van der Waals surface area contributed by atoms with E-state index in [1.807, 2.05) is 0 Å². The van der Waals surface area contributed by atoms with Gasteiger partial charge in [0.1, 0.15) is 6.61 Å². The van der Waals surface area contributed by atoms with E-state index >= 15 is 0 Å². The third-order valence-corrected chi connectivity index (χ3v) is 1.28. The van der Waals surface area contributed by atoms with Crippen LogP contribution in [0.2, 0.25) is 5.15 Å². The fraction of sp³-hybridized carbons (Fsp3) is 0.400. The first-order valence-electron chi connectivity index (χ1n) is 2.50. The third kappa shape index (κ3) is 1.23. The molecule has 1 aromatic heterocycles. The molecule has 0 saturated heterocycles. The molecule has 0 saturated carbocycles. The normalized spacial score (nSPS) is 10.1. The Balaban J connectivity index is 3.01. The van der Waals surface area contributed by atoms with Gasteiger partial charge in [-0.2, -0.15) is 5.10 Å². The monoisotopic (exact) mass is 145 g/mol. The van der Waals surface area contributed by atoms with Crippen molar-refractivity contribution in [2.24, 2.45) is 7.05 Å². The minimum absolute atomic E-state index is 0.268. The van der Waals surface area contributed by atoms with Crippen LogP contribution in [0, 0.1) is 0 Å². The van der Waals surface area contributed by atoms with E-state index in [9.17, 15) is 5.11 Å². The predicted molar refractivity (Wildman–Crippen MR) is 32.6 cm³/mol. The molecule has 1 rings (SSSR count). The van der Waals surface area contributed by atoms with Gasteiger partial charge in [-0.3, -0.25) is 4.68 Å². The molecule has 0 aliphatic rings. The number of hydrogen-bond donors (Lipinski definition) is 0. The number of aromatic nitrogens is 2. The zero-order valence-corrected chi connectivity index (χ0v) is 5.72. The fourth-order valence-corrected chi connectivity index (χ4v) is 0.842. The lowest BCUT2D eigenvalue weighted by Gasteiger charge is -1.90. The second-order valence-corrected chi connectivity index (χ2v) is 2.11. The second kappa shape index (κ2) is 2.37. The quantitative estimate of drug-likeness (QED) is 0.581. The Labute approximate surface area is 57.9 Å². The van der Waals surface area contributed by atoms with Gasteiger partial charge in [0, 0.05) is 13.1 Å². The standard InChI is InChI=1S/C5H6ClN2O/c1-8-4(3-9)2-5(6)7-8/h2H,3H2,1H3. The topological polar surface area (TPSA) is 37.7 Å². The number of aryl methyl sites for hydroxylation is 1. The molecule has 0 amide bonds. The van der Waals surface area contributed by atoms with E-state index in [-0.39, 0.29) is 6.61 Å².